The van der Waals surface area contributed by atoms with Gasteiger partial charge in [0.1, 0.15) is 6.10 Å². The highest BCUT2D eigenvalue weighted by molar-refractivity contribution is 5.80. The molecule has 1 amide bonds. The van der Waals surface area contributed by atoms with Crippen LogP contribution in [0.25, 0.3) is 0 Å². The molecule has 0 aromatic carbocycles. The Balaban J connectivity index is 2.11. The Morgan fingerprint density at radius 2 is 2.19 bits per heavy atom. The average Bonchev–Trinajstić information content (AvgIpc) is 2.22. The molecule has 0 bridgehead atoms. The molecule has 0 aromatic heterocycles. The van der Waals surface area contributed by atoms with E-state index in [9.17, 15) is 4.79 Å². The number of rotatable bonds is 7. The van der Waals surface area contributed by atoms with Crippen molar-refractivity contribution in [2.45, 2.75) is 45.3 Å². The van der Waals surface area contributed by atoms with E-state index >= 15 is 0 Å². The maximum absolute atomic E-state index is 11.5. The fourth-order valence-electron chi connectivity index (χ4n) is 1.98. The second-order valence-electron chi connectivity index (χ2n) is 4.59. The number of carbonyl (C=O) groups excluding carboxylic acids is 1. The molecule has 94 valence electrons. The predicted octanol–water partition coefficient (Wildman–Crippen LogP) is 0.916. The fraction of sp³-hybridized carbons (Fsp3) is 0.917. The molecule has 4 heteroatoms. The molecule has 1 aliphatic carbocycles. The van der Waals surface area contributed by atoms with E-state index in [1.54, 1.807) is 0 Å². The Bertz CT molecular complexity index is 215. The van der Waals surface area contributed by atoms with E-state index in [2.05, 4.69) is 10.6 Å². The largest absolute Gasteiger partial charge is 0.365 e. The minimum Gasteiger partial charge on any atom is -0.365 e. The van der Waals surface area contributed by atoms with E-state index in [1.165, 1.54) is 0 Å². The summed E-state index contributed by atoms with van der Waals surface area (Å²) in [5.74, 6) is 0.736. The summed E-state index contributed by atoms with van der Waals surface area (Å²) in [6.45, 7) is 5.66. The molecule has 0 aromatic rings. The maximum Gasteiger partial charge on any atom is 0.248 e. The van der Waals surface area contributed by atoms with Crippen molar-refractivity contribution in [1.29, 1.82) is 0 Å². The lowest BCUT2D eigenvalue weighted by Crippen LogP contribution is -2.43. The Labute approximate surface area is 98.1 Å². The van der Waals surface area contributed by atoms with Crippen molar-refractivity contribution in [3.63, 3.8) is 0 Å². The first-order chi connectivity index (χ1) is 7.67. The standard InChI is InChI=1S/C12H24N2O2/c1-4-5-14-12(15)9(2)16-11-6-10(7-11)8-13-3/h9-11,13H,4-8H2,1-3H3,(H,14,15). The SMILES string of the molecule is CCCNC(=O)C(C)OC1CC(CNC)C1. The van der Waals surface area contributed by atoms with Gasteiger partial charge in [0, 0.05) is 6.54 Å². The lowest BCUT2D eigenvalue weighted by atomic mass is 9.82. The number of ether oxygens (including phenoxy) is 1. The van der Waals surface area contributed by atoms with Crippen LogP contribution in [-0.2, 0) is 9.53 Å². The zero-order chi connectivity index (χ0) is 12.0. The molecule has 1 atom stereocenters. The van der Waals surface area contributed by atoms with Crippen LogP contribution in [0.5, 0.6) is 0 Å². The quantitative estimate of drug-likeness (QED) is 0.681. The zero-order valence-corrected chi connectivity index (χ0v) is 10.6. The van der Waals surface area contributed by atoms with Gasteiger partial charge in [-0.2, -0.15) is 0 Å². The fourth-order valence-corrected chi connectivity index (χ4v) is 1.98. The number of carbonyl (C=O) groups is 1. The highest BCUT2D eigenvalue weighted by Gasteiger charge is 2.31. The van der Waals surface area contributed by atoms with Crippen LogP contribution in [0.3, 0.4) is 0 Å². The lowest BCUT2D eigenvalue weighted by molar-refractivity contribution is -0.141. The van der Waals surface area contributed by atoms with Gasteiger partial charge < -0.3 is 15.4 Å². The number of hydrogen-bond donors (Lipinski definition) is 2. The van der Waals surface area contributed by atoms with Crippen LogP contribution < -0.4 is 10.6 Å². The third-order valence-corrected chi connectivity index (χ3v) is 3.00. The molecule has 16 heavy (non-hydrogen) atoms. The summed E-state index contributed by atoms with van der Waals surface area (Å²) < 4.78 is 5.68. The van der Waals surface area contributed by atoms with Gasteiger partial charge in [0.05, 0.1) is 6.10 Å². The first-order valence-electron chi connectivity index (χ1n) is 6.25. The zero-order valence-electron chi connectivity index (χ0n) is 10.6. The minimum atomic E-state index is -0.313. The molecule has 0 heterocycles. The normalized spacial score (nSPS) is 25.9. The molecule has 0 radical (unpaired) electrons. The van der Waals surface area contributed by atoms with Crippen LogP contribution >= 0.6 is 0 Å². The summed E-state index contributed by atoms with van der Waals surface area (Å²) in [5.41, 5.74) is 0. The van der Waals surface area contributed by atoms with Gasteiger partial charge in [0.15, 0.2) is 0 Å². The van der Waals surface area contributed by atoms with Crippen LogP contribution in [0, 0.1) is 5.92 Å². The van der Waals surface area contributed by atoms with Crippen LogP contribution in [-0.4, -0.2) is 38.3 Å². The van der Waals surface area contributed by atoms with E-state index < -0.39 is 0 Å². The second kappa shape index (κ2) is 6.86. The van der Waals surface area contributed by atoms with Crippen LogP contribution in [0.1, 0.15) is 33.1 Å². The first-order valence-corrected chi connectivity index (χ1v) is 6.25. The van der Waals surface area contributed by atoms with Gasteiger partial charge in [-0.25, -0.2) is 0 Å². The Morgan fingerprint density at radius 1 is 1.50 bits per heavy atom. The summed E-state index contributed by atoms with van der Waals surface area (Å²) in [4.78, 5) is 11.5. The van der Waals surface area contributed by atoms with Gasteiger partial charge in [-0.15, -0.1) is 0 Å². The third-order valence-electron chi connectivity index (χ3n) is 3.00. The molecule has 1 fully saturated rings. The van der Waals surface area contributed by atoms with Gasteiger partial charge in [-0.05, 0) is 45.7 Å². The molecule has 2 N–H and O–H groups in total. The van der Waals surface area contributed by atoms with Gasteiger partial charge in [-0.1, -0.05) is 6.92 Å². The van der Waals surface area contributed by atoms with Crippen molar-refractivity contribution in [2.24, 2.45) is 5.92 Å². The summed E-state index contributed by atoms with van der Waals surface area (Å²) in [5, 5.41) is 6.01. The van der Waals surface area contributed by atoms with Gasteiger partial charge in [0.2, 0.25) is 5.91 Å². The summed E-state index contributed by atoms with van der Waals surface area (Å²) in [6, 6.07) is 0. The molecule has 1 saturated carbocycles. The molecule has 4 nitrogen and oxygen atoms in total. The lowest BCUT2D eigenvalue weighted by Gasteiger charge is -2.36. The van der Waals surface area contributed by atoms with Crippen molar-refractivity contribution in [2.75, 3.05) is 20.1 Å². The highest BCUT2D eigenvalue weighted by Crippen LogP contribution is 2.30. The van der Waals surface area contributed by atoms with Crippen molar-refractivity contribution >= 4 is 5.91 Å². The molecule has 0 aliphatic heterocycles. The van der Waals surface area contributed by atoms with E-state index in [-0.39, 0.29) is 18.1 Å². The van der Waals surface area contributed by atoms with Crippen LogP contribution in [0.15, 0.2) is 0 Å². The predicted molar refractivity (Wildman–Crippen MR) is 64.3 cm³/mol. The van der Waals surface area contributed by atoms with Gasteiger partial charge in [-0.3, -0.25) is 4.79 Å². The second-order valence-corrected chi connectivity index (χ2v) is 4.59. The molecule has 1 unspecified atom stereocenters. The monoisotopic (exact) mass is 228 g/mol. The summed E-state index contributed by atoms with van der Waals surface area (Å²) in [7, 11) is 1.97. The van der Waals surface area contributed by atoms with Gasteiger partial charge >= 0.3 is 0 Å². The molecule has 1 aliphatic rings. The van der Waals surface area contributed by atoms with Crippen molar-refractivity contribution < 1.29 is 9.53 Å². The van der Waals surface area contributed by atoms with E-state index in [4.69, 9.17) is 4.74 Å². The van der Waals surface area contributed by atoms with E-state index in [1.807, 2.05) is 20.9 Å². The molecule has 0 saturated heterocycles. The van der Waals surface area contributed by atoms with Crippen molar-refractivity contribution in [3.05, 3.63) is 0 Å². The molecule has 0 spiro atoms. The first kappa shape index (κ1) is 13.5. The van der Waals surface area contributed by atoms with Crippen molar-refractivity contribution in [3.8, 4) is 0 Å². The average molecular weight is 228 g/mol. The smallest absolute Gasteiger partial charge is 0.248 e. The molecular weight excluding hydrogens is 204 g/mol. The Morgan fingerprint density at radius 3 is 2.75 bits per heavy atom. The number of hydrogen-bond acceptors (Lipinski definition) is 3. The topological polar surface area (TPSA) is 50.4 Å². The Hall–Kier alpha value is -0.610. The summed E-state index contributed by atoms with van der Waals surface area (Å²) >= 11 is 0. The number of nitrogens with one attached hydrogen (secondary N) is 2. The highest BCUT2D eigenvalue weighted by atomic mass is 16.5. The maximum atomic E-state index is 11.5. The molecular formula is C12H24N2O2. The third kappa shape index (κ3) is 4.10. The Kier molecular flexibility index (Phi) is 5.77. The van der Waals surface area contributed by atoms with Gasteiger partial charge in [0.25, 0.3) is 0 Å². The van der Waals surface area contributed by atoms with Crippen molar-refractivity contribution in [1.82, 2.24) is 10.6 Å². The summed E-state index contributed by atoms with van der Waals surface area (Å²) in [6.07, 6.45) is 3.08. The van der Waals surface area contributed by atoms with E-state index in [0.29, 0.717) is 0 Å². The minimum absolute atomic E-state index is 0.0129. The van der Waals surface area contributed by atoms with Crippen LogP contribution in [0.2, 0.25) is 0 Å². The van der Waals surface area contributed by atoms with Crippen LogP contribution in [0.4, 0.5) is 0 Å². The van der Waals surface area contributed by atoms with E-state index in [0.717, 1.165) is 38.3 Å². The number of amides is 1. The molecule has 1 rings (SSSR count).